The highest BCUT2D eigenvalue weighted by Crippen LogP contribution is 2.36. The zero-order valence-corrected chi connectivity index (χ0v) is 11.5. The number of fused-ring (bicyclic) bond motifs is 1. The molecule has 0 spiro atoms. The number of nitrogens with zero attached hydrogens (tertiary/aromatic N) is 2. The van der Waals surface area contributed by atoms with E-state index in [4.69, 9.17) is 5.73 Å². The standard InChI is InChI=1S/C14H19N3S/c1-18-11-8-6-10(7-9-11)17-13-5-3-2-4-12(13)16-14(17)15/h2-5,10-11H,6-9H2,1H3,(H2,15,16). The molecule has 2 N–H and O–H groups in total. The molecule has 4 heteroatoms. The highest BCUT2D eigenvalue weighted by molar-refractivity contribution is 7.99. The molecule has 0 amide bonds. The molecule has 18 heavy (non-hydrogen) atoms. The summed E-state index contributed by atoms with van der Waals surface area (Å²) in [6.07, 6.45) is 7.23. The Morgan fingerprint density at radius 3 is 2.67 bits per heavy atom. The van der Waals surface area contributed by atoms with Gasteiger partial charge in [0.1, 0.15) is 0 Å². The molecule has 3 nitrogen and oxygen atoms in total. The van der Waals surface area contributed by atoms with Gasteiger partial charge in [0.25, 0.3) is 0 Å². The van der Waals surface area contributed by atoms with Crippen LogP contribution in [-0.2, 0) is 0 Å². The summed E-state index contributed by atoms with van der Waals surface area (Å²) in [5, 5.41) is 0.831. The minimum atomic E-state index is 0.529. The molecule has 1 aromatic heterocycles. The molecule has 0 radical (unpaired) electrons. The molecule has 1 fully saturated rings. The molecule has 1 aliphatic carbocycles. The molecule has 96 valence electrons. The molecule has 2 aromatic rings. The smallest absolute Gasteiger partial charge is 0.201 e. The van der Waals surface area contributed by atoms with Crippen LogP contribution in [0, 0.1) is 0 Å². The number of benzene rings is 1. The molecular weight excluding hydrogens is 242 g/mol. The van der Waals surface area contributed by atoms with Crippen molar-refractivity contribution in [2.45, 2.75) is 37.0 Å². The summed E-state index contributed by atoms with van der Waals surface area (Å²) < 4.78 is 2.24. The lowest BCUT2D eigenvalue weighted by Crippen LogP contribution is -2.20. The fraction of sp³-hybridized carbons (Fsp3) is 0.500. The van der Waals surface area contributed by atoms with Gasteiger partial charge in [-0.3, -0.25) is 0 Å². The zero-order chi connectivity index (χ0) is 12.5. The average molecular weight is 261 g/mol. The summed E-state index contributed by atoms with van der Waals surface area (Å²) in [7, 11) is 0. The maximum Gasteiger partial charge on any atom is 0.201 e. The summed E-state index contributed by atoms with van der Waals surface area (Å²) in [5.41, 5.74) is 8.30. The summed E-state index contributed by atoms with van der Waals surface area (Å²) in [6.45, 7) is 0. The minimum Gasteiger partial charge on any atom is -0.369 e. The first kappa shape index (κ1) is 11.9. The summed E-state index contributed by atoms with van der Waals surface area (Å²) in [5.74, 6) is 0.670. The quantitative estimate of drug-likeness (QED) is 0.900. The van der Waals surface area contributed by atoms with Crippen LogP contribution in [0.4, 0.5) is 5.95 Å². The van der Waals surface area contributed by atoms with Crippen molar-refractivity contribution in [3.05, 3.63) is 24.3 Å². The Kier molecular flexibility index (Phi) is 3.20. The molecule has 1 aromatic carbocycles. The highest BCUT2D eigenvalue weighted by atomic mass is 32.2. The van der Waals surface area contributed by atoms with Gasteiger partial charge in [0, 0.05) is 11.3 Å². The van der Waals surface area contributed by atoms with Crippen molar-refractivity contribution in [1.82, 2.24) is 9.55 Å². The molecule has 0 saturated heterocycles. The lowest BCUT2D eigenvalue weighted by Gasteiger charge is -2.29. The van der Waals surface area contributed by atoms with E-state index in [0.717, 1.165) is 10.8 Å². The predicted molar refractivity (Wildman–Crippen MR) is 79.0 cm³/mol. The highest BCUT2D eigenvalue weighted by Gasteiger charge is 2.24. The van der Waals surface area contributed by atoms with Gasteiger partial charge in [-0.1, -0.05) is 12.1 Å². The number of hydrogen-bond donors (Lipinski definition) is 1. The van der Waals surface area contributed by atoms with Crippen LogP contribution in [-0.4, -0.2) is 21.1 Å². The van der Waals surface area contributed by atoms with Gasteiger partial charge in [0.2, 0.25) is 5.95 Å². The van der Waals surface area contributed by atoms with E-state index < -0.39 is 0 Å². The number of para-hydroxylation sites is 2. The van der Waals surface area contributed by atoms with Gasteiger partial charge >= 0.3 is 0 Å². The van der Waals surface area contributed by atoms with Crippen LogP contribution in [0.3, 0.4) is 0 Å². The number of rotatable bonds is 2. The van der Waals surface area contributed by atoms with E-state index in [-0.39, 0.29) is 0 Å². The summed E-state index contributed by atoms with van der Waals surface area (Å²) in [6, 6.07) is 8.77. The van der Waals surface area contributed by atoms with Crippen LogP contribution in [0.15, 0.2) is 24.3 Å². The van der Waals surface area contributed by atoms with Crippen molar-refractivity contribution < 1.29 is 0 Å². The van der Waals surface area contributed by atoms with Crippen molar-refractivity contribution in [1.29, 1.82) is 0 Å². The fourth-order valence-corrected chi connectivity index (χ4v) is 3.73. The number of thioether (sulfide) groups is 1. The van der Waals surface area contributed by atoms with E-state index in [9.17, 15) is 0 Å². The first-order valence-electron chi connectivity index (χ1n) is 6.55. The zero-order valence-electron chi connectivity index (χ0n) is 10.7. The van der Waals surface area contributed by atoms with Gasteiger partial charge in [-0.25, -0.2) is 4.98 Å². The number of nitrogens with two attached hydrogens (primary N) is 1. The van der Waals surface area contributed by atoms with Crippen molar-refractivity contribution >= 4 is 28.7 Å². The van der Waals surface area contributed by atoms with Crippen LogP contribution >= 0.6 is 11.8 Å². The second-order valence-corrected chi connectivity index (χ2v) is 6.13. The second-order valence-electron chi connectivity index (χ2n) is 4.99. The second kappa shape index (κ2) is 4.84. The van der Waals surface area contributed by atoms with Crippen molar-refractivity contribution in [3.8, 4) is 0 Å². The van der Waals surface area contributed by atoms with Gasteiger partial charge in [0.05, 0.1) is 11.0 Å². The topological polar surface area (TPSA) is 43.8 Å². The van der Waals surface area contributed by atoms with E-state index in [1.54, 1.807) is 0 Å². The minimum absolute atomic E-state index is 0.529. The molecule has 0 aliphatic heterocycles. The summed E-state index contributed by atoms with van der Waals surface area (Å²) in [4.78, 5) is 4.46. The normalized spacial score (nSPS) is 24.5. The molecule has 0 atom stereocenters. The van der Waals surface area contributed by atoms with E-state index in [2.05, 4.69) is 27.9 Å². The number of aromatic nitrogens is 2. The van der Waals surface area contributed by atoms with E-state index >= 15 is 0 Å². The van der Waals surface area contributed by atoms with Crippen molar-refractivity contribution in [2.24, 2.45) is 0 Å². The van der Waals surface area contributed by atoms with Crippen molar-refractivity contribution in [2.75, 3.05) is 12.0 Å². The summed E-state index contributed by atoms with van der Waals surface area (Å²) >= 11 is 2.00. The molecule has 1 saturated carbocycles. The Hall–Kier alpha value is -1.16. The molecule has 1 aliphatic rings. The Labute approximate surface area is 112 Å². The van der Waals surface area contributed by atoms with Crippen LogP contribution < -0.4 is 5.73 Å². The first-order chi connectivity index (χ1) is 8.79. The van der Waals surface area contributed by atoms with Crippen LogP contribution in [0.25, 0.3) is 11.0 Å². The Bertz CT molecular complexity index is 541. The Morgan fingerprint density at radius 2 is 1.94 bits per heavy atom. The third-order valence-electron chi connectivity index (χ3n) is 3.97. The average Bonchev–Trinajstić information content (AvgIpc) is 2.75. The third-order valence-corrected chi connectivity index (χ3v) is 5.10. The lowest BCUT2D eigenvalue weighted by molar-refractivity contribution is 0.370. The predicted octanol–water partition coefficient (Wildman–Crippen LogP) is 3.47. The number of hydrogen-bond acceptors (Lipinski definition) is 3. The number of imidazole rings is 1. The van der Waals surface area contributed by atoms with Crippen LogP contribution in [0.2, 0.25) is 0 Å². The largest absolute Gasteiger partial charge is 0.369 e. The number of nitrogen functional groups attached to an aromatic ring is 1. The molecule has 0 bridgehead atoms. The first-order valence-corrected chi connectivity index (χ1v) is 7.83. The van der Waals surface area contributed by atoms with Gasteiger partial charge in [-0.05, 0) is 44.1 Å². The monoisotopic (exact) mass is 261 g/mol. The van der Waals surface area contributed by atoms with E-state index in [0.29, 0.717) is 12.0 Å². The van der Waals surface area contributed by atoms with Crippen LogP contribution in [0.1, 0.15) is 31.7 Å². The maximum atomic E-state index is 6.10. The Balaban J connectivity index is 1.92. The van der Waals surface area contributed by atoms with Crippen molar-refractivity contribution in [3.63, 3.8) is 0 Å². The van der Waals surface area contributed by atoms with Gasteiger partial charge < -0.3 is 10.3 Å². The molecule has 0 unspecified atom stereocenters. The van der Waals surface area contributed by atoms with Crippen LogP contribution in [0.5, 0.6) is 0 Å². The molecular formula is C14H19N3S. The lowest BCUT2D eigenvalue weighted by atomic mass is 9.94. The van der Waals surface area contributed by atoms with E-state index in [1.807, 2.05) is 23.9 Å². The van der Waals surface area contributed by atoms with Gasteiger partial charge in [0.15, 0.2) is 0 Å². The van der Waals surface area contributed by atoms with Gasteiger partial charge in [-0.15, -0.1) is 0 Å². The maximum absolute atomic E-state index is 6.10. The SMILES string of the molecule is CSC1CCC(n2c(N)nc3ccccc32)CC1. The Morgan fingerprint density at radius 1 is 1.22 bits per heavy atom. The molecule has 1 heterocycles. The van der Waals surface area contributed by atoms with Gasteiger partial charge in [-0.2, -0.15) is 11.8 Å². The fourth-order valence-electron chi connectivity index (χ4n) is 2.99. The number of anilines is 1. The van der Waals surface area contributed by atoms with E-state index in [1.165, 1.54) is 31.2 Å². The third kappa shape index (κ3) is 1.99. The molecule has 3 rings (SSSR count).